The van der Waals surface area contributed by atoms with Crippen molar-refractivity contribution in [2.45, 2.75) is 123 Å². The topological polar surface area (TPSA) is 114 Å². The Morgan fingerprint density at radius 2 is 1.09 bits per heavy atom. The number of phenolic OH excluding ortho intramolecular Hbond substituents is 1. The molecule has 0 amide bonds. The second kappa shape index (κ2) is 15.2. The number of aliphatic imine (C=N–C) groups is 1. The lowest BCUT2D eigenvalue weighted by atomic mass is 9.70. The smallest absolute Gasteiger partial charge is 0.270 e. The van der Waals surface area contributed by atoms with Gasteiger partial charge in [-0.3, -0.25) is 15.1 Å². The van der Waals surface area contributed by atoms with Gasteiger partial charge in [0.05, 0.1) is 25.2 Å². The number of hydrogen-bond donors (Lipinski definition) is 2. The predicted molar refractivity (Wildman–Crippen MR) is 220 cm³/mol. The lowest BCUT2D eigenvalue weighted by molar-refractivity contribution is -0.384. The third kappa shape index (κ3) is 8.81. The molecule has 0 fully saturated rings. The van der Waals surface area contributed by atoms with Crippen molar-refractivity contribution in [2.24, 2.45) is 4.99 Å². The summed E-state index contributed by atoms with van der Waals surface area (Å²) in [5.41, 5.74) is 2.65. The molecule has 4 rings (SSSR count). The maximum Gasteiger partial charge on any atom is 0.270 e. The van der Waals surface area contributed by atoms with E-state index in [9.17, 15) is 20.3 Å². The maximum atomic E-state index is 14.1. The molecule has 1 unspecified atom stereocenters. The number of nitro benzene ring substituents is 1. The van der Waals surface area contributed by atoms with Crippen molar-refractivity contribution >= 4 is 11.9 Å². The van der Waals surface area contributed by atoms with Crippen LogP contribution in [0.2, 0.25) is 0 Å². The first-order chi connectivity index (χ1) is 24.8. The molecule has 0 heterocycles. The van der Waals surface area contributed by atoms with Gasteiger partial charge in [0.25, 0.3) is 5.69 Å². The van der Waals surface area contributed by atoms with E-state index in [4.69, 9.17) is 14.5 Å². The molecule has 8 heteroatoms. The first-order valence-corrected chi connectivity index (χ1v) is 18.6. The fourth-order valence-electron chi connectivity index (χ4n) is 6.99. The second-order valence-electron chi connectivity index (χ2n) is 18.5. The Balaban J connectivity index is 2.28. The van der Waals surface area contributed by atoms with E-state index in [1.807, 2.05) is 54.6 Å². The monoisotopic (exact) mass is 736 g/mol. The summed E-state index contributed by atoms with van der Waals surface area (Å²) in [7, 11) is 3.38. The molecule has 0 saturated carbocycles. The van der Waals surface area contributed by atoms with Crippen LogP contribution in [0.15, 0.2) is 77.8 Å². The van der Waals surface area contributed by atoms with Crippen LogP contribution in [0.4, 0.5) is 5.69 Å². The van der Waals surface area contributed by atoms with Crippen LogP contribution in [0.25, 0.3) is 0 Å². The Morgan fingerprint density at radius 1 is 0.685 bits per heavy atom. The van der Waals surface area contributed by atoms with Crippen LogP contribution in [0, 0.1) is 10.1 Å². The predicted octanol–water partition coefficient (Wildman–Crippen LogP) is 10.5. The van der Waals surface area contributed by atoms with Gasteiger partial charge in [-0.15, -0.1) is 0 Å². The van der Waals surface area contributed by atoms with Crippen LogP contribution < -0.4 is 9.47 Å². The molecule has 0 saturated heterocycles. The number of rotatable bonds is 10. The zero-order valence-corrected chi connectivity index (χ0v) is 34.7. The van der Waals surface area contributed by atoms with Crippen LogP contribution in [0.5, 0.6) is 17.2 Å². The number of aromatic hydroxyl groups is 1. The molecule has 0 radical (unpaired) electrons. The van der Waals surface area contributed by atoms with Gasteiger partial charge in [-0.05, 0) is 75.1 Å². The lowest BCUT2D eigenvalue weighted by Gasteiger charge is -2.40. The molecule has 0 aliphatic rings. The normalized spacial score (nSPS) is 13.6. The van der Waals surface area contributed by atoms with E-state index in [-0.39, 0.29) is 38.7 Å². The van der Waals surface area contributed by atoms with Gasteiger partial charge in [0.15, 0.2) is 0 Å². The number of nitro groups is 1. The first kappa shape index (κ1) is 42.1. The molecule has 1 atom stereocenters. The number of nitrogens with zero attached hydrogens (tertiary/aromatic N) is 2. The Bertz CT molecular complexity index is 1850. The van der Waals surface area contributed by atoms with Gasteiger partial charge in [0.2, 0.25) is 0 Å². The van der Waals surface area contributed by atoms with Gasteiger partial charge in [-0.25, -0.2) is 0 Å². The summed E-state index contributed by atoms with van der Waals surface area (Å²) in [6.45, 7) is 25.6. The minimum atomic E-state index is -1.79. The highest BCUT2D eigenvalue weighted by molar-refractivity contribution is 5.84. The van der Waals surface area contributed by atoms with E-state index in [1.54, 1.807) is 14.2 Å². The molecule has 0 aromatic heterocycles. The Morgan fingerprint density at radius 3 is 1.44 bits per heavy atom. The minimum absolute atomic E-state index is 0.157. The molecule has 8 nitrogen and oxygen atoms in total. The fourth-order valence-corrected chi connectivity index (χ4v) is 6.99. The van der Waals surface area contributed by atoms with Crippen LogP contribution in [0.1, 0.15) is 128 Å². The first-order valence-electron chi connectivity index (χ1n) is 18.6. The number of hydrogen-bond acceptors (Lipinski definition) is 7. The van der Waals surface area contributed by atoms with E-state index in [2.05, 4.69) is 83.1 Å². The van der Waals surface area contributed by atoms with Gasteiger partial charge >= 0.3 is 0 Å². The highest BCUT2D eigenvalue weighted by Crippen LogP contribution is 2.49. The molecule has 290 valence electrons. The van der Waals surface area contributed by atoms with Crippen molar-refractivity contribution in [3.05, 3.63) is 127 Å². The van der Waals surface area contributed by atoms with Gasteiger partial charge in [-0.2, -0.15) is 0 Å². The number of non-ortho nitro benzene ring substituents is 1. The van der Waals surface area contributed by atoms with Crippen LogP contribution >= 0.6 is 0 Å². The Kier molecular flexibility index (Phi) is 11.8. The van der Waals surface area contributed by atoms with Gasteiger partial charge in [-0.1, -0.05) is 113 Å². The van der Waals surface area contributed by atoms with Crippen LogP contribution in [-0.4, -0.2) is 41.6 Å². The molecular formula is C46H60N2O6. The number of benzene rings is 4. The molecule has 4 aromatic rings. The molecule has 4 aromatic carbocycles. The lowest BCUT2D eigenvalue weighted by Crippen LogP contribution is -2.42. The number of ether oxygens (including phenoxy) is 2. The third-order valence-corrected chi connectivity index (χ3v) is 10.1. The fraction of sp³-hybridized carbons (Fsp3) is 0.457. The number of phenols is 1. The summed E-state index contributed by atoms with van der Waals surface area (Å²) in [4.78, 5) is 16.3. The largest absolute Gasteiger partial charge is 0.507 e. The van der Waals surface area contributed by atoms with Crippen LogP contribution in [-0.2, 0) is 33.7 Å². The van der Waals surface area contributed by atoms with Crippen molar-refractivity contribution in [1.82, 2.24) is 0 Å². The zero-order valence-electron chi connectivity index (χ0n) is 34.7. The minimum Gasteiger partial charge on any atom is -0.507 e. The standard InChI is InChI=1S/C46H60N2O6/c1-42(2,3)34-24-31(25-35(40(34)53-13)43(4,5)6)46(50,32-26-36(44(7,8)9)41(54-14)37(27-32)45(10,11)12)39(22-29-18-16-15-17-19-29)47-28-30-23-33(48(51)52)20-21-38(30)49/h15-21,23-28,39,49-50H,22H2,1-14H3. The van der Waals surface area contributed by atoms with E-state index in [0.29, 0.717) is 17.5 Å². The highest BCUT2D eigenvalue weighted by Gasteiger charge is 2.44. The summed E-state index contributed by atoms with van der Waals surface area (Å²) in [5, 5.41) is 36.7. The molecule has 0 aliphatic carbocycles. The molecule has 54 heavy (non-hydrogen) atoms. The van der Waals surface area contributed by atoms with E-state index < -0.39 is 16.6 Å². The number of aliphatic hydroxyl groups is 1. The summed E-state index contributed by atoms with van der Waals surface area (Å²) in [6, 6.07) is 21.0. The van der Waals surface area contributed by atoms with Crippen molar-refractivity contribution in [3.8, 4) is 17.2 Å². The van der Waals surface area contributed by atoms with Crippen molar-refractivity contribution in [3.63, 3.8) is 0 Å². The molecule has 0 spiro atoms. The third-order valence-electron chi connectivity index (χ3n) is 10.1. The average molecular weight is 737 g/mol. The summed E-state index contributed by atoms with van der Waals surface area (Å²) in [6.07, 6.45) is 1.74. The summed E-state index contributed by atoms with van der Waals surface area (Å²) < 4.78 is 12.3. The quantitative estimate of drug-likeness (QED) is 0.0952. The van der Waals surface area contributed by atoms with Gasteiger partial charge in [0.1, 0.15) is 22.8 Å². The molecule has 0 aliphatic heterocycles. The van der Waals surface area contributed by atoms with Crippen molar-refractivity contribution in [1.29, 1.82) is 0 Å². The maximum absolute atomic E-state index is 14.1. The van der Waals surface area contributed by atoms with Crippen LogP contribution in [0.3, 0.4) is 0 Å². The zero-order chi connectivity index (χ0) is 40.6. The summed E-state index contributed by atoms with van der Waals surface area (Å²) in [5.74, 6) is 1.38. The van der Waals surface area contributed by atoms with E-state index in [0.717, 1.165) is 39.3 Å². The SMILES string of the molecule is COc1c(C(C)(C)C)cc(C(O)(c2cc(C(C)(C)C)c(OC)c(C(C)(C)C)c2)C(Cc2ccccc2)N=Cc2cc([N+](=O)[O-])ccc2O)cc1C(C)(C)C. The number of methoxy groups -OCH3 is 2. The highest BCUT2D eigenvalue weighted by atomic mass is 16.6. The molecular weight excluding hydrogens is 677 g/mol. The van der Waals surface area contributed by atoms with Gasteiger partial charge in [0, 0.05) is 46.2 Å². The molecule has 2 N–H and O–H groups in total. The Hall–Kier alpha value is -4.69. The Labute approximate surface area is 322 Å². The van der Waals surface area contributed by atoms with E-state index in [1.165, 1.54) is 24.4 Å². The summed E-state index contributed by atoms with van der Waals surface area (Å²) >= 11 is 0. The second-order valence-corrected chi connectivity index (χ2v) is 18.5. The van der Waals surface area contributed by atoms with Crippen molar-refractivity contribution in [2.75, 3.05) is 14.2 Å². The van der Waals surface area contributed by atoms with Crippen molar-refractivity contribution < 1.29 is 24.6 Å². The average Bonchev–Trinajstić information content (AvgIpc) is 3.07. The van der Waals surface area contributed by atoms with E-state index >= 15 is 0 Å². The molecule has 0 bridgehead atoms. The van der Waals surface area contributed by atoms with Gasteiger partial charge < -0.3 is 19.7 Å².